The fraction of sp³-hybridized carbons (Fsp3) is 0.381. The van der Waals surface area contributed by atoms with Crippen LogP contribution in [0, 0.1) is 0 Å². The highest BCUT2D eigenvalue weighted by Gasteiger charge is 2.59. The minimum absolute atomic E-state index is 0.221. The van der Waals surface area contributed by atoms with Crippen LogP contribution in [0.1, 0.15) is 36.6 Å². The number of hydrogen-bond donors (Lipinski definition) is 0. The van der Waals surface area contributed by atoms with Gasteiger partial charge in [0.05, 0.1) is 28.9 Å². The lowest BCUT2D eigenvalue weighted by atomic mass is 9.99. The van der Waals surface area contributed by atoms with Gasteiger partial charge in [0, 0.05) is 35.3 Å². The molecular weight excluding hydrogens is 392 g/mol. The Labute approximate surface area is 172 Å². The molecule has 2 aliphatic heterocycles. The van der Waals surface area contributed by atoms with Gasteiger partial charge >= 0.3 is 0 Å². The van der Waals surface area contributed by atoms with E-state index < -0.39 is 0 Å². The average Bonchev–Trinajstić information content (AvgIpc) is 3.08. The van der Waals surface area contributed by atoms with Gasteiger partial charge in [-0.05, 0) is 48.8 Å². The summed E-state index contributed by atoms with van der Waals surface area (Å²) in [6.45, 7) is 0.550. The number of fused-ring (bicyclic) bond motifs is 3. The first-order valence-electron chi connectivity index (χ1n) is 9.67. The zero-order valence-electron chi connectivity index (χ0n) is 15.3. The molecule has 1 saturated carbocycles. The summed E-state index contributed by atoms with van der Waals surface area (Å²) in [7, 11) is 0. The molecule has 3 aliphatic rings. The zero-order chi connectivity index (χ0) is 18.9. The lowest BCUT2D eigenvalue weighted by Crippen LogP contribution is -2.32. The molecule has 0 aromatic carbocycles. The first-order chi connectivity index (χ1) is 13.7. The summed E-state index contributed by atoms with van der Waals surface area (Å²) in [6.07, 6.45) is 8.37. The Hall–Kier alpha value is -2.05. The molecule has 0 bridgehead atoms. The zero-order valence-corrected chi connectivity index (χ0v) is 16.8. The van der Waals surface area contributed by atoms with Crippen LogP contribution in [0.3, 0.4) is 0 Å². The van der Waals surface area contributed by atoms with Gasteiger partial charge in [-0.25, -0.2) is 4.98 Å². The van der Waals surface area contributed by atoms with E-state index in [0.29, 0.717) is 17.6 Å². The second-order valence-corrected chi connectivity index (χ2v) is 9.54. The van der Waals surface area contributed by atoms with Gasteiger partial charge < -0.3 is 9.47 Å². The molecule has 1 spiro atoms. The molecule has 2 fully saturated rings. The van der Waals surface area contributed by atoms with Crippen molar-refractivity contribution in [1.82, 2.24) is 14.5 Å². The predicted octanol–water partition coefficient (Wildman–Crippen LogP) is 4.34. The highest BCUT2D eigenvalue weighted by Crippen LogP contribution is 2.57. The summed E-state index contributed by atoms with van der Waals surface area (Å²) in [5.41, 5.74) is 3.91. The van der Waals surface area contributed by atoms with Crippen LogP contribution in [0.15, 0.2) is 36.8 Å². The molecule has 0 radical (unpaired) electrons. The molecule has 1 unspecified atom stereocenters. The van der Waals surface area contributed by atoms with E-state index in [9.17, 15) is 4.79 Å². The number of thioether (sulfide) groups is 1. The quantitative estimate of drug-likeness (QED) is 0.644. The highest BCUT2D eigenvalue weighted by molar-refractivity contribution is 7.99. The van der Waals surface area contributed by atoms with Crippen LogP contribution in [0.2, 0.25) is 5.02 Å². The molecule has 5 nitrogen and oxygen atoms in total. The molecule has 1 saturated heterocycles. The van der Waals surface area contributed by atoms with Crippen LogP contribution < -0.4 is 4.90 Å². The largest absolute Gasteiger partial charge is 0.324 e. The van der Waals surface area contributed by atoms with Crippen molar-refractivity contribution in [2.45, 2.75) is 37.3 Å². The van der Waals surface area contributed by atoms with Crippen LogP contribution in [0.5, 0.6) is 0 Å². The molecule has 3 aromatic heterocycles. The van der Waals surface area contributed by atoms with E-state index in [1.807, 2.05) is 35.0 Å². The van der Waals surface area contributed by atoms with Gasteiger partial charge in [-0.15, -0.1) is 0 Å². The number of carbonyl (C=O) groups excluding carboxylic acids is 1. The summed E-state index contributed by atoms with van der Waals surface area (Å²) >= 11 is 8.17. The number of anilines is 1. The molecule has 6 rings (SSSR count). The van der Waals surface area contributed by atoms with Crippen molar-refractivity contribution in [2.24, 2.45) is 0 Å². The number of amides is 1. The van der Waals surface area contributed by atoms with E-state index in [1.165, 1.54) is 0 Å². The lowest BCUT2D eigenvalue weighted by Gasteiger charge is -2.22. The number of carbonyl (C=O) groups is 1. The summed E-state index contributed by atoms with van der Waals surface area (Å²) < 4.78 is 2.34. The Kier molecular flexibility index (Phi) is 3.60. The lowest BCUT2D eigenvalue weighted by molar-refractivity contribution is -0.120. The molecule has 1 atom stereocenters. The second-order valence-electron chi connectivity index (χ2n) is 7.96. The fourth-order valence-corrected chi connectivity index (χ4v) is 6.17. The van der Waals surface area contributed by atoms with E-state index in [1.54, 1.807) is 12.4 Å². The molecule has 0 N–H and O–H groups in total. The summed E-state index contributed by atoms with van der Waals surface area (Å²) in [6, 6.07) is 6.55. The summed E-state index contributed by atoms with van der Waals surface area (Å²) in [4.78, 5) is 24.2. The Morgan fingerprint density at radius 3 is 2.96 bits per heavy atom. The fourth-order valence-electron chi connectivity index (χ4n) is 4.81. The number of hydrogen-bond acceptors (Lipinski definition) is 4. The van der Waals surface area contributed by atoms with Crippen molar-refractivity contribution in [3.8, 4) is 0 Å². The van der Waals surface area contributed by atoms with Gasteiger partial charge in [0.2, 0.25) is 5.91 Å². The average molecular weight is 411 g/mol. The molecule has 28 heavy (non-hydrogen) atoms. The molecule has 1 aliphatic carbocycles. The van der Waals surface area contributed by atoms with Crippen molar-refractivity contribution in [3.63, 3.8) is 0 Å². The minimum atomic E-state index is -0.292. The van der Waals surface area contributed by atoms with Gasteiger partial charge in [0.1, 0.15) is 5.65 Å². The highest BCUT2D eigenvalue weighted by atomic mass is 35.5. The molecule has 142 valence electrons. The maximum absolute atomic E-state index is 13.3. The van der Waals surface area contributed by atoms with E-state index >= 15 is 0 Å². The van der Waals surface area contributed by atoms with Crippen molar-refractivity contribution in [2.75, 3.05) is 16.4 Å². The first-order valence-corrected chi connectivity index (χ1v) is 11.2. The number of aromatic nitrogens is 3. The topological polar surface area (TPSA) is 51.0 Å². The Morgan fingerprint density at radius 2 is 2.18 bits per heavy atom. The van der Waals surface area contributed by atoms with Crippen LogP contribution in [0.4, 0.5) is 5.69 Å². The number of rotatable bonds is 3. The van der Waals surface area contributed by atoms with Crippen molar-refractivity contribution >= 4 is 46.0 Å². The maximum atomic E-state index is 13.3. The number of pyridine rings is 2. The van der Waals surface area contributed by atoms with Crippen molar-refractivity contribution in [3.05, 3.63) is 53.1 Å². The third kappa shape index (κ3) is 2.31. The Morgan fingerprint density at radius 1 is 1.29 bits per heavy atom. The van der Waals surface area contributed by atoms with Crippen LogP contribution in [0.25, 0.3) is 11.0 Å². The van der Waals surface area contributed by atoms with E-state index in [2.05, 4.69) is 20.6 Å². The molecule has 7 heteroatoms. The standard InChI is InChI=1S/C21H19ClN4OS/c22-14-7-13-8-16(26(19(13)24-9-14)15-2-6-28-12-15)11-25-18-10-23-5-1-17(18)21(3-4-21)20(25)27/h1,5,7-10,15H,2-4,6,11-12H2. The van der Waals surface area contributed by atoms with Gasteiger partial charge in [-0.1, -0.05) is 11.6 Å². The van der Waals surface area contributed by atoms with Crippen LogP contribution in [-0.4, -0.2) is 31.9 Å². The molecular formula is C21H19ClN4OS. The Balaban J connectivity index is 1.47. The minimum Gasteiger partial charge on any atom is -0.324 e. The predicted molar refractivity (Wildman–Crippen MR) is 112 cm³/mol. The van der Waals surface area contributed by atoms with Crippen molar-refractivity contribution < 1.29 is 4.79 Å². The molecule has 1 amide bonds. The van der Waals surface area contributed by atoms with Crippen LogP contribution in [-0.2, 0) is 16.8 Å². The maximum Gasteiger partial charge on any atom is 0.238 e. The summed E-state index contributed by atoms with van der Waals surface area (Å²) in [5, 5.41) is 1.68. The summed E-state index contributed by atoms with van der Waals surface area (Å²) in [5.74, 6) is 2.46. The SMILES string of the molecule is O=C1N(Cc2cc3cc(Cl)cnc3n2C2CCSC2)c2cnccc2C12CC2. The smallest absolute Gasteiger partial charge is 0.238 e. The van der Waals surface area contributed by atoms with E-state index in [-0.39, 0.29) is 11.3 Å². The van der Waals surface area contributed by atoms with Gasteiger partial charge in [0.25, 0.3) is 0 Å². The van der Waals surface area contributed by atoms with Crippen LogP contribution >= 0.6 is 23.4 Å². The van der Waals surface area contributed by atoms with Crippen molar-refractivity contribution in [1.29, 1.82) is 0 Å². The van der Waals surface area contributed by atoms with Gasteiger partial charge in [-0.3, -0.25) is 9.78 Å². The van der Waals surface area contributed by atoms with Gasteiger partial charge in [-0.2, -0.15) is 11.8 Å². The first kappa shape index (κ1) is 16.9. The molecule has 3 aromatic rings. The Bertz CT molecular complexity index is 1120. The second kappa shape index (κ2) is 5.97. The number of nitrogens with zero attached hydrogens (tertiary/aromatic N) is 4. The third-order valence-corrected chi connectivity index (χ3v) is 7.67. The van der Waals surface area contributed by atoms with E-state index in [0.717, 1.165) is 58.7 Å². The number of halogens is 1. The molecule has 5 heterocycles. The monoisotopic (exact) mass is 410 g/mol. The van der Waals surface area contributed by atoms with E-state index in [4.69, 9.17) is 11.6 Å². The van der Waals surface area contributed by atoms with Gasteiger partial charge in [0.15, 0.2) is 0 Å². The normalized spacial score (nSPS) is 22.4. The third-order valence-electron chi connectivity index (χ3n) is 6.32.